The Balaban J connectivity index is 2.40. The third kappa shape index (κ3) is 4.37. The molecule has 0 saturated heterocycles. The Hall–Kier alpha value is -0.980. The molecule has 0 unspecified atom stereocenters. The average molecular weight is 205 g/mol. The Bertz CT molecular complexity index is 302. The van der Waals surface area contributed by atoms with Crippen molar-refractivity contribution in [2.45, 2.75) is 40.5 Å². The minimum absolute atomic E-state index is 0.811. The summed E-state index contributed by atoms with van der Waals surface area (Å²) in [6, 6.07) is 6.57. The van der Waals surface area contributed by atoms with Gasteiger partial charge in [-0.3, -0.25) is 0 Å². The van der Waals surface area contributed by atoms with E-state index in [9.17, 15) is 0 Å². The molecular weight excluding hydrogens is 182 g/mol. The first-order chi connectivity index (χ1) is 7.09. The Kier molecular flexibility index (Phi) is 4.67. The van der Waals surface area contributed by atoms with Crippen molar-refractivity contribution in [1.29, 1.82) is 0 Å². The molecule has 0 radical (unpaired) electrons. The van der Waals surface area contributed by atoms with E-state index in [0.29, 0.717) is 0 Å². The van der Waals surface area contributed by atoms with Gasteiger partial charge in [-0.05, 0) is 49.8 Å². The SMILES string of the molecule is Cc1ccc(C)c(NCCCC(C)C)c1. The number of nitrogens with one attached hydrogen (secondary N) is 1. The molecule has 0 aliphatic carbocycles. The van der Waals surface area contributed by atoms with Gasteiger partial charge in [-0.1, -0.05) is 26.0 Å². The Morgan fingerprint density at radius 1 is 1.20 bits per heavy atom. The minimum atomic E-state index is 0.811. The fourth-order valence-corrected chi connectivity index (χ4v) is 1.66. The molecule has 1 nitrogen and oxygen atoms in total. The summed E-state index contributed by atoms with van der Waals surface area (Å²) in [6.45, 7) is 9.93. The van der Waals surface area contributed by atoms with Crippen LogP contribution in [0.15, 0.2) is 18.2 Å². The molecule has 1 rings (SSSR count). The Labute approximate surface area is 93.9 Å². The molecule has 0 spiro atoms. The summed E-state index contributed by atoms with van der Waals surface area (Å²) in [5.74, 6) is 0.811. The molecule has 0 aliphatic rings. The fourth-order valence-electron chi connectivity index (χ4n) is 1.66. The number of anilines is 1. The van der Waals surface area contributed by atoms with Crippen LogP contribution in [0.3, 0.4) is 0 Å². The molecule has 15 heavy (non-hydrogen) atoms. The summed E-state index contributed by atoms with van der Waals surface area (Å²) >= 11 is 0. The molecule has 1 N–H and O–H groups in total. The number of hydrogen-bond donors (Lipinski definition) is 1. The van der Waals surface area contributed by atoms with Gasteiger partial charge >= 0.3 is 0 Å². The van der Waals surface area contributed by atoms with Crippen LogP contribution >= 0.6 is 0 Å². The number of hydrogen-bond acceptors (Lipinski definition) is 1. The average Bonchev–Trinajstić information content (AvgIpc) is 2.17. The van der Waals surface area contributed by atoms with Crippen molar-refractivity contribution >= 4 is 5.69 Å². The van der Waals surface area contributed by atoms with Crippen LogP contribution in [0.2, 0.25) is 0 Å². The Morgan fingerprint density at radius 2 is 1.93 bits per heavy atom. The highest BCUT2D eigenvalue weighted by atomic mass is 14.9. The van der Waals surface area contributed by atoms with Gasteiger partial charge in [-0.15, -0.1) is 0 Å². The Morgan fingerprint density at radius 3 is 2.60 bits per heavy atom. The van der Waals surface area contributed by atoms with Gasteiger partial charge in [0.25, 0.3) is 0 Å². The van der Waals surface area contributed by atoms with E-state index >= 15 is 0 Å². The zero-order valence-corrected chi connectivity index (χ0v) is 10.4. The number of benzene rings is 1. The van der Waals surface area contributed by atoms with Crippen LogP contribution < -0.4 is 5.32 Å². The predicted octanol–water partition coefficient (Wildman–Crippen LogP) is 4.15. The van der Waals surface area contributed by atoms with Gasteiger partial charge in [0, 0.05) is 12.2 Å². The molecule has 0 heterocycles. The molecule has 1 aromatic rings. The van der Waals surface area contributed by atoms with Gasteiger partial charge in [0.05, 0.1) is 0 Å². The zero-order valence-electron chi connectivity index (χ0n) is 10.4. The monoisotopic (exact) mass is 205 g/mol. The third-order valence-electron chi connectivity index (χ3n) is 2.67. The van der Waals surface area contributed by atoms with Crippen molar-refractivity contribution in [2.24, 2.45) is 5.92 Å². The van der Waals surface area contributed by atoms with Gasteiger partial charge in [0.15, 0.2) is 0 Å². The first-order valence-electron chi connectivity index (χ1n) is 5.90. The fraction of sp³-hybridized carbons (Fsp3) is 0.571. The van der Waals surface area contributed by atoms with E-state index in [1.165, 1.54) is 29.7 Å². The van der Waals surface area contributed by atoms with Crippen molar-refractivity contribution in [1.82, 2.24) is 0 Å². The summed E-state index contributed by atoms with van der Waals surface area (Å²) < 4.78 is 0. The molecule has 0 bridgehead atoms. The summed E-state index contributed by atoms with van der Waals surface area (Å²) in [4.78, 5) is 0. The first kappa shape index (κ1) is 12.1. The van der Waals surface area contributed by atoms with Gasteiger partial charge in [0.1, 0.15) is 0 Å². The van der Waals surface area contributed by atoms with Crippen LogP contribution in [0, 0.1) is 19.8 Å². The maximum Gasteiger partial charge on any atom is 0.0372 e. The molecular formula is C14H23N. The molecule has 0 amide bonds. The lowest BCUT2D eigenvalue weighted by molar-refractivity contribution is 0.567. The number of rotatable bonds is 5. The molecule has 0 fully saturated rings. The van der Waals surface area contributed by atoms with Gasteiger partial charge in [-0.25, -0.2) is 0 Å². The molecule has 0 saturated carbocycles. The van der Waals surface area contributed by atoms with E-state index in [1.807, 2.05) is 0 Å². The third-order valence-corrected chi connectivity index (χ3v) is 2.67. The second-order valence-electron chi connectivity index (χ2n) is 4.78. The smallest absolute Gasteiger partial charge is 0.0372 e. The maximum absolute atomic E-state index is 3.51. The van der Waals surface area contributed by atoms with Gasteiger partial charge in [-0.2, -0.15) is 0 Å². The van der Waals surface area contributed by atoms with Crippen LogP contribution in [-0.4, -0.2) is 6.54 Å². The predicted molar refractivity (Wildman–Crippen MR) is 68.5 cm³/mol. The standard InChI is InChI=1S/C14H23N/c1-11(2)6-5-9-15-14-10-12(3)7-8-13(14)4/h7-8,10-11,15H,5-6,9H2,1-4H3. The van der Waals surface area contributed by atoms with E-state index in [4.69, 9.17) is 0 Å². The highest BCUT2D eigenvalue weighted by Crippen LogP contribution is 2.16. The lowest BCUT2D eigenvalue weighted by Gasteiger charge is -2.11. The van der Waals surface area contributed by atoms with Crippen molar-refractivity contribution in [2.75, 3.05) is 11.9 Å². The maximum atomic E-state index is 3.51. The van der Waals surface area contributed by atoms with E-state index < -0.39 is 0 Å². The zero-order chi connectivity index (χ0) is 11.3. The normalized spacial score (nSPS) is 10.7. The summed E-state index contributed by atoms with van der Waals surface area (Å²) in [7, 11) is 0. The van der Waals surface area contributed by atoms with Crippen LogP contribution in [0.25, 0.3) is 0 Å². The lowest BCUT2D eigenvalue weighted by Crippen LogP contribution is -2.04. The van der Waals surface area contributed by atoms with E-state index in [1.54, 1.807) is 0 Å². The molecule has 0 aliphatic heterocycles. The minimum Gasteiger partial charge on any atom is -0.385 e. The largest absolute Gasteiger partial charge is 0.385 e. The second-order valence-corrected chi connectivity index (χ2v) is 4.78. The summed E-state index contributed by atoms with van der Waals surface area (Å²) in [6.07, 6.45) is 2.56. The van der Waals surface area contributed by atoms with Crippen LogP contribution in [0.1, 0.15) is 37.8 Å². The molecule has 0 aromatic heterocycles. The number of aryl methyl sites for hydroxylation is 2. The van der Waals surface area contributed by atoms with E-state index in [2.05, 4.69) is 51.2 Å². The van der Waals surface area contributed by atoms with Crippen LogP contribution in [-0.2, 0) is 0 Å². The van der Waals surface area contributed by atoms with E-state index in [0.717, 1.165) is 12.5 Å². The van der Waals surface area contributed by atoms with Crippen molar-refractivity contribution in [3.63, 3.8) is 0 Å². The van der Waals surface area contributed by atoms with Crippen molar-refractivity contribution < 1.29 is 0 Å². The van der Waals surface area contributed by atoms with Crippen molar-refractivity contribution in [3.05, 3.63) is 29.3 Å². The highest BCUT2D eigenvalue weighted by Gasteiger charge is 1.98. The molecule has 1 aromatic carbocycles. The quantitative estimate of drug-likeness (QED) is 0.712. The van der Waals surface area contributed by atoms with Gasteiger partial charge in [0.2, 0.25) is 0 Å². The first-order valence-corrected chi connectivity index (χ1v) is 5.90. The second kappa shape index (κ2) is 5.79. The van der Waals surface area contributed by atoms with Crippen LogP contribution in [0.5, 0.6) is 0 Å². The summed E-state index contributed by atoms with van der Waals surface area (Å²) in [5, 5.41) is 3.51. The van der Waals surface area contributed by atoms with Crippen LogP contribution in [0.4, 0.5) is 5.69 Å². The van der Waals surface area contributed by atoms with Gasteiger partial charge < -0.3 is 5.32 Å². The lowest BCUT2D eigenvalue weighted by atomic mass is 10.1. The summed E-state index contributed by atoms with van der Waals surface area (Å²) in [5.41, 5.74) is 3.95. The molecule has 84 valence electrons. The molecule has 1 heteroatoms. The highest BCUT2D eigenvalue weighted by molar-refractivity contribution is 5.52. The van der Waals surface area contributed by atoms with Crippen molar-refractivity contribution in [3.8, 4) is 0 Å². The van der Waals surface area contributed by atoms with E-state index in [-0.39, 0.29) is 0 Å². The topological polar surface area (TPSA) is 12.0 Å². The molecule has 0 atom stereocenters.